The van der Waals surface area contributed by atoms with E-state index >= 15 is 0 Å². The van der Waals surface area contributed by atoms with Gasteiger partial charge in [0.25, 0.3) is 0 Å². The van der Waals surface area contributed by atoms with Crippen LogP contribution in [0.5, 0.6) is 0 Å². The van der Waals surface area contributed by atoms with Gasteiger partial charge in [0, 0.05) is 34.6 Å². The van der Waals surface area contributed by atoms with Crippen LogP contribution in [0.1, 0.15) is 34.6 Å². The summed E-state index contributed by atoms with van der Waals surface area (Å²) in [6.45, 7) is 4.84. The Morgan fingerprint density at radius 2 is 1.24 bits per heavy atom. The smallest absolute Gasteiger partial charge is 0.303 e. The lowest BCUT2D eigenvalue weighted by Crippen LogP contribution is -2.64. The lowest BCUT2D eigenvalue weighted by Gasteiger charge is -2.44. The number of rotatable bonds is 7. The molecule has 0 aromatic rings. The summed E-state index contributed by atoms with van der Waals surface area (Å²) in [6, 6.07) is 0. The normalized spacial score (nSPS) is 27.2. The van der Waals surface area contributed by atoms with E-state index in [1.54, 1.807) is 0 Å². The molecule has 29 heavy (non-hydrogen) atoms. The molecular formula is C17H24O12. The van der Waals surface area contributed by atoms with Gasteiger partial charge in [-0.05, 0) is 0 Å². The highest BCUT2D eigenvalue weighted by molar-refractivity contribution is 5.69. The van der Waals surface area contributed by atoms with E-state index in [0.717, 1.165) is 34.6 Å². The summed E-state index contributed by atoms with van der Waals surface area (Å²) >= 11 is 0. The molecule has 6 atom stereocenters. The highest BCUT2D eigenvalue weighted by Crippen LogP contribution is 2.30. The summed E-state index contributed by atoms with van der Waals surface area (Å²) in [5, 5.41) is 10.3. The van der Waals surface area contributed by atoms with Gasteiger partial charge >= 0.3 is 29.8 Å². The third kappa shape index (κ3) is 7.66. The van der Waals surface area contributed by atoms with Crippen molar-refractivity contribution in [2.75, 3.05) is 6.61 Å². The minimum absolute atomic E-state index is 0.505. The molecule has 2 unspecified atom stereocenters. The fraction of sp³-hybridized carbons (Fsp3) is 0.706. The number of aliphatic hydroxyl groups is 1. The summed E-state index contributed by atoms with van der Waals surface area (Å²) in [5.41, 5.74) is 0. The van der Waals surface area contributed by atoms with Crippen LogP contribution in [-0.4, -0.2) is 78.4 Å². The maximum Gasteiger partial charge on any atom is 0.303 e. The zero-order chi connectivity index (χ0) is 22.3. The van der Waals surface area contributed by atoms with Crippen LogP contribution in [0.3, 0.4) is 0 Å². The number of ether oxygens (including phenoxy) is 6. The fourth-order valence-corrected chi connectivity index (χ4v) is 2.73. The van der Waals surface area contributed by atoms with Crippen molar-refractivity contribution >= 4 is 29.8 Å². The minimum Gasteiger partial charge on any atom is -0.462 e. The maximum absolute atomic E-state index is 11.6. The average molecular weight is 420 g/mol. The van der Waals surface area contributed by atoms with Crippen LogP contribution in [0.15, 0.2) is 0 Å². The molecule has 0 amide bonds. The monoisotopic (exact) mass is 420 g/mol. The molecule has 0 bridgehead atoms. The molecule has 1 heterocycles. The first-order chi connectivity index (χ1) is 13.4. The molecule has 0 aromatic heterocycles. The quantitative estimate of drug-likeness (QED) is 0.395. The van der Waals surface area contributed by atoms with Gasteiger partial charge in [-0.15, -0.1) is 0 Å². The number of esters is 5. The molecule has 0 spiro atoms. The first kappa shape index (κ1) is 24.3. The van der Waals surface area contributed by atoms with Gasteiger partial charge in [0.1, 0.15) is 12.7 Å². The Kier molecular flexibility index (Phi) is 8.98. The Morgan fingerprint density at radius 1 is 0.759 bits per heavy atom. The minimum atomic E-state index is -1.84. The van der Waals surface area contributed by atoms with Crippen molar-refractivity contribution in [1.29, 1.82) is 0 Å². The van der Waals surface area contributed by atoms with Crippen molar-refractivity contribution < 1.29 is 57.5 Å². The Morgan fingerprint density at radius 3 is 1.69 bits per heavy atom. The average Bonchev–Trinajstić information content (AvgIpc) is 2.55. The Balaban J connectivity index is 3.34. The molecule has 1 aliphatic heterocycles. The van der Waals surface area contributed by atoms with Crippen molar-refractivity contribution in [2.24, 2.45) is 0 Å². The molecule has 0 aliphatic carbocycles. The number of hydrogen-bond acceptors (Lipinski definition) is 12. The van der Waals surface area contributed by atoms with Crippen LogP contribution in [0.4, 0.5) is 0 Å². The SMILES string of the molecule is CC(=O)OC[C@H](OC(C)=O)[C@H]1OC(O)[C@@H](OC(C)=O)C(OC(C)=O)[C@@H]1OC(C)=O. The molecule has 0 radical (unpaired) electrons. The number of hydrogen-bond donors (Lipinski definition) is 1. The van der Waals surface area contributed by atoms with E-state index in [1.807, 2.05) is 0 Å². The molecule has 164 valence electrons. The summed E-state index contributed by atoms with van der Waals surface area (Å²) in [5.74, 6) is -3.97. The molecule has 1 aliphatic rings. The molecule has 0 aromatic carbocycles. The number of aliphatic hydroxyl groups excluding tert-OH is 1. The second kappa shape index (κ2) is 10.7. The summed E-state index contributed by atoms with van der Waals surface area (Å²) in [7, 11) is 0. The van der Waals surface area contributed by atoms with Crippen molar-refractivity contribution in [1.82, 2.24) is 0 Å². The second-order valence-corrected chi connectivity index (χ2v) is 6.16. The first-order valence-electron chi connectivity index (χ1n) is 8.58. The maximum atomic E-state index is 11.6. The molecule has 12 nitrogen and oxygen atoms in total. The van der Waals surface area contributed by atoms with Gasteiger partial charge in [0.15, 0.2) is 30.7 Å². The second-order valence-electron chi connectivity index (χ2n) is 6.16. The molecule has 1 saturated heterocycles. The largest absolute Gasteiger partial charge is 0.462 e. The Bertz CT molecular complexity index is 644. The van der Waals surface area contributed by atoms with Crippen LogP contribution >= 0.6 is 0 Å². The van der Waals surface area contributed by atoms with Crippen LogP contribution < -0.4 is 0 Å². The van der Waals surface area contributed by atoms with Crippen molar-refractivity contribution in [2.45, 2.75) is 71.4 Å². The Hall–Kier alpha value is -2.73. The lowest BCUT2D eigenvalue weighted by atomic mass is 9.94. The topological polar surface area (TPSA) is 161 Å². The van der Waals surface area contributed by atoms with Gasteiger partial charge in [0.05, 0.1) is 0 Å². The first-order valence-corrected chi connectivity index (χ1v) is 8.58. The van der Waals surface area contributed by atoms with E-state index in [4.69, 9.17) is 28.4 Å². The predicted octanol–water partition coefficient (Wildman–Crippen LogP) is -1.01. The van der Waals surface area contributed by atoms with E-state index in [2.05, 4.69) is 0 Å². The molecule has 1 N–H and O–H groups in total. The molecule has 1 rings (SSSR count). The van der Waals surface area contributed by atoms with Crippen LogP contribution in [0.25, 0.3) is 0 Å². The van der Waals surface area contributed by atoms with E-state index in [-0.39, 0.29) is 0 Å². The predicted molar refractivity (Wildman–Crippen MR) is 89.7 cm³/mol. The fourth-order valence-electron chi connectivity index (χ4n) is 2.73. The van der Waals surface area contributed by atoms with Gasteiger partial charge in [-0.25, -0.2) is 0 Å². The van der Waals surface area contributed by atoms with Gasteiger partial charge < -0.3 is 33.5 Å². The van der Waals surface area contributed by atoms with Crippen LogP contribution in [-0.2, 0) is 52.4 Å². The number of carbonyl (C=O) groups is 5. The molecular weight excluding hydrogens is 396 g/mol. The van der Waals surface area contributed by atoms with Gasteiger partial charge in [-0.1, -0.05) is 0 Å². The van der Waals surface area contributed by atoms with Crippen molar-refractivity contribution in [3.05, 3.63) is 0 Å². The highest BCUT2D eigenvalue weighted by Gasteiger charge is 2.54. The zero-order valence-corrected chi connectivity index (χ0v) is 16.6. The standard InChI is InChI=1S/C17H24O12/c1-7(18)24-6-12(25-8(2)19)13-14(26-9(3)20)15(27-10(4)21)16(17(23)29-13)28-11(5)22/h12-17,23H,6H2,1-5H3/t12-,13+,14+,15?,16-,17?/m0/s1. The van der Waals surface area contributed by atoms with Gasteiger partial charge in [-0.3, -0.25) is 24.0 Å². The summed E-state index contributed by atoms with van der Waals surface area (Å²) in [6.07, 6.45) is -9.10. The van der Waals surface area contributed by atoms with Crippen molar-refractivity contribution in [3.8, 4) is 0 Å². The number of carbonyl (C=O) groups excluding carboxylic acids is 5. The summed E-state index contributed by atoms with van der Waals surface area (Å²) < 4.78 is 30.5. The molecule has 0 saturated carbocycles. The lowest BCUT2D eigenvalue weighted by molar-refractivity contribution is -0.306. The third-order valence-electron chi connectivity index (χ3n) is 3.59. The van der Waals surface area contributed by atoms with E-state index < -0.39 is 73.3 Å². The zero-order valence-electron chi connectivity index (χ0n) is 16.6. The third-order valence-corrected chi connectivity index (χ3v) is 3.59. The van der Waals surface area contributed by atoms with Gasteiger partial charge in [-0.2, -0.15) is 0 Å². The van der Waals surface area contributed by atoms with Gasteiger partial charge in [0.2, 0.25) is 0 Å². The summed E-state index contributed by atoms with van der Waals surface area (Å²) in [4.78, 5) is 57.2. The molecule has 12 heteroatoms. The van der Waals surface area contributed by atoms with E-state index in [1.165, 1.54) is 0 Å². The Labute approximate surface area is 166 Å². The van der Waals surface area contributed by atoms with Crippen LogP contribution in [0.2, 0.25) is 0 Å². The van der Waals surface area contributed by atoms with E-state index in [9.17, 15) is 29.1 Å². The van der Waals surface area contributed by atoms with Crippen molar-refractivity contribution in [3.63, 3.8) is 0 Å². The van der Waals surface area contributed by atoms with E-state index in [0.29, 0.717) is 0 Å². The van der Waals surface area contributed by atoms with Crippen LogP contribution in [0, 0.1) is 0 Å². The molecule has 1 fully saturated rings. The highest BCUT2D eigenvalue weighted by atomic mass is 16.7.